The summed E-state index contributed by atoms with van der Waals surface area (Å²) in [6.07, 6.45) is 1.36. The fourth-order valence-corrected chi connectivity index (χ4v) is 3.11. The molecule has 0 saturated heterocycles. The number of nitrogens with two attached hydrogens (primary N) is 1. The topological polar surface area (TPSA) is 92.9 Å². The minimum Gasteiger partial charge on any atom is -0.393 e. The molecular weight excluding hydrogens is 393 g/mol. The van der Waals surface area contributed by atoms with Gasteiger partial charge < -0.3 is 5.73 Å². The second-order valence-corrected chi connectivity index (χ2v) is 7.02. The van der Waals surface area contributed by atoms with Gasteiger partial charge in [0.2, 0.25) is 0 Å². The van der Waals surface area contributed by atoms with E-state index in [0.717, 1.165) is 4.90 Å². The van der Waals surface area contributed by atoms with E-state index in [1.165, 1.54) is 18.1 Å². The molecule has 0 spiro atoms. The van der Waals surface area contributed by atoms with Crippen molar-refractivity contribution >= 4 is 52.4 Å². The molecule has 1 heterocycles. The van der Waals surface area contributed by atoms with Crippen LogP contribution in [0.1, 0.15) is 10.4 Å². The Kier molecular flexibility index (Phi) is 5.82. The molecule has 0 radical (unpaired) electrons. The molecule has 1 amide bonds. The summed E-state index contributed by atoms with van der Waals surface area (Å²) in [6.45, 7) is 0. The van der Waals surface area contributed by atoms with E-state index >= 15 is 0 Å². The molecule has 0 saturated carbocycles. The summed E-state index contributed by atoms with van der Waals surface area (Å²) >= 11 is 13.1. The first-order valence-corrected chi connectivity index (χ1v) is 8.96. The first kappa shape index (κ1) is 18.3. The normalized spacial score (nSPS) is 10.4. The number of halogens is 2. The van der Waals surface area contributed by atoms with Crippen molar-refractivity contribution in [3.63, 3.8) is 0 Å². The summed E-state index contributed by atoms with van der Waals surface area (Å²) < 4.78 is 0. The van der Waals surface area contributed by atoms with E-state index in [2.05, 4.69) is 20.8 Å². The number of hydrogen-bond donors (Lipinski definition) is 3. The Morgan fingerprint density at radius 2 is 1.81 bits per heavy atom. The zero-order valence-corrected chi connectivity index (χ0v) is 15.6. The highest BCUT2D eigenvalue weighted by atomic mass is 35.5. The summed E-state index contributed by atoms with van der Waals surface area (Å²) in [4.78, 5) is 21.3. The van der Waals surface area contributed by atoms with Crippen LogP contribution in [0.3, 0.4) is 0 Å². The number of nitrogens with zero attached hydrogens (tertiary/aromatic N) is 2. The molecule has 0 atom stereocenters. The number of rotatable bonds is 5. The first-order valence-electron chi connectivity index (χ1n) is 7.39. The molecule has 4 N–H and O–H groups in total. The number of hydrogen-bond acceptors (Lipinski definition) is 6. The largest absolute Gasteiger partial charge is 0.393 e. The Bertz CT molecular complexity index is 937. The van der Waals surface area contributed by atoms with E-state index in [9.17, 15) is 4.79 Å². The average molecular weight is 406 g/mol. The second kappa shape index (κ2) is 8.27. The monoisotopic (exact) mass is 405 g/mol. The lowest BCUT2D eigenvalue weighted by molar-refractivity contribution is 0.0962. The molecule has 2 aromatic carbocycles. The number of nitrogens with one attached hydrogen (secondary N) is 2. The number of amides is 1. The van der Waals surface area contributed by atoms with E-state index in [0.29, 0.717) is 32.1 Å². The van der Waals surface area contributed by atoms with Gasteiger partial charge in [0.15, 0.2) is 5.82 Å². The van der Waals surface area contributed by atoms with Gasteiger partial charge in [0, 0.05) is 20.5 Å². The molecular formula is C17H13Cl2N5OS. The number of nitrogen functional groups attached to an aromatic ring is 1. The van der Waals surface area contributed by atoms with E-state index in [1.54, 1.807) is 36.4 Å². The van der Waals surface area contributed by atoms with E-state index in [1.807, 2.05) is 12.1 Å². The number of benzene rings is 2. The average Bonchev–Trinajstić information content (AvgIpc) is 2.64. The van der Waals surface area contributed by atoms with Crippen LogP contribution in [0.25, 0.3) is 0 Å². The Morgan fingerprint density at radius 3 is 2.54 bits per heavy atom. The van der Waals surface area contributed by atoms with Crippen LogP contribution in [0.4, 0.5) is 11.5 Å². The van der Waals surface area contributed by atoms with Crippen molar-refractivity contribution in [3.05, 3.63) is 70.5 Å². The van der Waals surface area contributed by atoms with Crippen molar-refractivity contribution in [1.29, 1.82) is 0 Å². The van der Waals surface area contributed by atoms with Crippen molar-refractivity contribution in [2.45, 2.75) is 9.92 Å². The molecule has 0 aliphatic rings. The standard InChI is InChI=1S/C17H13Cl2N5OS/c18-11-4-6-13(7-5-11)26-17-14(20)15(21-9-22-17)23-24-16(25)10-2-1-3-12(19)8-10/h1-9H,20H2,(H,24,25)(H,21,22,23). The maximum Gasteiger partial charge on any atom is 0.269 e. The van der Waals surface area contributed by atoms with Gasteiger partial charge in [-0.2, -0.15) is 0 Å². The van der Waals surface area contributed by atoms with Crippen molar-refractivity contribution in [2.24, 2.45) is 0 Å². The quantitative estimate of drug-likeness (QED) is 0.433. The van der Waals surface area contributed by atoms with Gasteiger partial charge in [0.25, 0.3) is 5.91 Å². The molecule has 9 heteroatoms. The number of anilines is 2. The summed E-state index contributed by atoms with van der Waals surface area (Å²) in [5.74, 6) is -0.0655. The summed E-state index contributed by atoms with van der Waals surface area (Å²) in [5.41, 5.74) is 12.1. The Balaban J connectivity index is 1.70. The first-order chi connectivity index (χ1) is 12.5. The third kappa shape index (κ3) is 4.57. The van der Waals surface area contributed by atoms with Gasteiger partial charge >= 0.3 is 0 Å². The lowest BCUT2D eigenvalue weighted by atomic mass is 10.2. The Hall–Kier alpha value is -2.48. The van der Waals surface area contributed by atoms with E-state index in [4.69, 9.17) is 28.9 Å². The molecule has 0 aliphatic carbocycles. The highest BCUT2D eigenvalue weighted by Crippen LogP contribution is 2.33. The van der Waals surface area contributed by atoms with E-state index < -0.39 is 0 Å². The molecule has 1 aromatic heterocycles. The number of hydrazine groups is 1. The zero-order valence-electron chi connectivity index (χ0n) is 13.2. The Labute approximate surface area is 164 Å². The van der Waals surface area contributed by atoms with E-state index in [-0.39, 0.29) is 5.91 Å². The number of aromatic nitrogens is 2. The minimum absolute atomic E-state index is 0.298. The van der Waals surface area contributed by atoms with Gasteiger partial charge in [-0.25, -0.2) is 9.97 Å². The van der Waals surface area contributed by atoms with Gasteiger partial charge in [-0.1, -0.05) is 41.0 Å². The second-order valence-electron chi connectivity index (χ2n) is 5.09. The van der Waals surface area contributed by atoms with Crippen LogP contribution < -0.4 is 16.6 Å². The SMILES string of the molecule is Nc1c(NNC(=O)c2cccc(Cl)c2)ncnc1Sc1ccc(Cl)cc1. The fourth-order valence-electron chi connectivity index (χ4n) is 1.99. The fraction of sp³-hybridized carbons (Fsp3) is 0. The van der Waals surface area contributed by atoms with Crippen molar-refractivity contribution in [2.75, 3.05) is 11.2 Å². The predicted molar refractivity (Wildman–Crippen MR) is 105 cm³/mol. The van der Waals surface area contributed by atoms with Crippen LogP contribution >= 0.6 is 35.0 Å². The molecule has 0 unspecified atom stereocenters. The van der Waals surface area contributed by atoms with Gasteiger partial charge in [0.1, 0.15) is 17.0 Å². The van der Waals surface area contributed by atoms with Crippen LogP contribution in [0, 0.1) is 0 Å². The lowest BCUT2D eigenvalue weighted by Gasteiger charge is -2.12. The minimum atomic E-state index is -0.364. The molecule has 132 valence electrons. The molecule has 3 rings (SSSR count). The maximum atomic E-state index is 12.2. The predicted octanol–water partition coefficient (Wildman–Crippen LogP) is 4.27. The summed E-state index contributed by atoms with van der Waals surface area (Å²) in [6, 6.07) is 13.9. The number of carbonyl (C=O) groups is 1. The molecule has 0 aliphatic heterocycles. The van der Waals surface area contributed by atoms with Crippen molar-refractivity contribution in [3.8, 4) is 0 Å². The highest BCUT2D eigenvalue weighted by molar-refractivity contribution is 7.99. The van der Waals surface area contributed by atoms with Gasteiger partial charge in [-0.3, -0.25) is 15.6 Å². The smallest absolute Gasteiger partial charge is 0.269 e. The van der Waals surface area contributed by atoms with Crippen LogP contribution in [0.5, 0.6) is 0 Å². The van der Waals surface area contributed by atoms with Crippen molar-refractivity contribution < 1.29 is 4.79 Å². The van der Waals surface area contributed by atoms with Gasteiger partial charge in [0.05, 0.1) is 0 Å². The third-order valence-electron chi connectivity index (χ3n) is 3.26. The number of carbonyl (C=O) groups excluding carboxylic acids is 1. The van der Waals surface area contributed by atoms with Crippen LogP contribution in [-0.2, 0) is 0 Å². The Morgan fingerprint density at radius 1 is 1.04 bits per heavy atom. The lowest BCUT2D eigenvalue weighted by Crippen LogP contribution is -2.30. The van der Waals surface area contributed by atoms with Gasteiger partial charge in [-0.15, -0.1) is 0 Å². The molecule has 6 nitrogen and oxygen atoms in total. The summed E-state index contributed by atoms with van der Waals surface area (Å²) in [5, 5.41) is 1.68. The molecule has 26 heavy (non-hydrogen) atoms. The van der Waals surface area contributed by atoms with Crippen LogP contribution in [0.15, 0.2) is 64.8 Å². The van der Waals surface area contributed by atoms with Crippen molar-refractivity contribution in [1.82, 2.24) is 15.4 Å². The molecule has 0 fully saturated rings. The molecule has 3 aromatic rings. The van der Waals surface area contributed by atoms with Gasteiger partial charge in [-0.05, 0) is 42.5 Å². The van der Waals surface area contributed by atoms with Crippen LogP contribution in [-0.4, -0.2) is 15.9 Å². The maximum absolute atomic E-state index is 12.2. The van der Waals surface area contributed by atoms with Crippen LogP contribution in [0.2, 0.25) is 10.0 Å². The highest BCUT2D eigenvalue weighted by Gasteiger charge is 2.11. The third-order valence-corrected chi connectivity index (χ3v) is 4.77. The molecule has 0 bridgehead atoms. The zero-order chi connectivity index (χ0) is 18.5. The summed E-state index contributed by atoms with van der Waals surface area (Å²) in [7, 11) is 0.